The molecule has 0 radical (unpaired) electrons. The van der Waals surface area contributed by atoms with Gasteiger partial charge in [-0.3, -0.25) is 4.79 Å². The first kappa shape index (κ1) is 22.8. The minimum Gasteiger partial charge on any atom is -0.497 e. The number of ether oxygens (including phenoxy) is 2. The molecule has 4 aromatic rings. The largest absolute Gasteiger partial charge is 0.497 e. The van der Waals surface area contributed by atoms with Crippen LogP contribution in [0.5, 0.6) is 5.75 Å². The average Bonchev–Trinajstić information content (AvgIpc) is 2.81. The van der Waals surface area contributed by atoms with E-state index < -0.39 is 5.56 Å². The Bertz CT molecular complexity index is 1370. The molecule has 0 amide bonds. The molecular weight excluding hydrogens is 467 g/mol. The van der Waals surface area contributed by atoms with Gasteiger partial charge in [-0.2, -0.15) is 0 Å². The third-order valence-electron chi connectivity index (χ3n) is 4.92. The Balaban J connectivity index is 2.00. The zero-order chi connectivity index (χ0) is 23.5. The van der Waals surface area contributed by atoms with Gasteiger partial charge in [-0.15, -0.1) is 4.73 Å². The lowest BCUT2D eigenvalue weighted by Crippen LogP contribution is -2.31. The number of nitrogen functional groups attached to an aromatic ring is 1. The van der Waals surface area contributed by atoms with Gasteiger partial charge in [-0.25, -0.2) is 9.97 Å². The summed E-state index contributed by atoms with van der Waals surface area (Å²) < 4.78 is 11.4. The van der Waals surface area contributed by atoms with Crippen molar-refractivity contribution in [3.63, 3.8) is 0 Å². The number of hydrogen-bond acceptors (Lipinski definition) is 7. The van der Waals surface area contributed by atoms with Crippen LogP contribution in [-0.4, -0.2) is 42.1 Å². The highest BCUT2D eigenvalue weighted by Crippen LogP contribution is 2.35. The summed E-state index contributed by atoms with van der Waals surface area (Å²) in [5.74, 6) is 1.10. The normalized spacial score (nSPS) is 11.0. The SMILES string of the molecule is COCCOn1c(=O)c(-c2c(Cl)cccc2Cl)cc2c(N)nc(-c3cccc(OC)c3)nc21. The summed E-state index contributed by atoms with van der Waals surface area (Å²) >= 11 is 12.7. The molecule has 0 atom stereocenters. The van der Waals surface area contributed by atoms with E-state index >= 15 is 0 Å². The van der Waals surface area contributed by atoms with Gasteiger partial charge in [0.05, 0.1) is 34.7 Å². The van der Waals surface area contributed by atoms with Crippen LogP contribution in [0, 0.1) is 0 Å². The zero-order valence-corrected chi connectivity index (χ0v) is 19.4. The van der Waals surface area contributed by atoms with Crippen molar-refractivity contribution in [3.8, 4) is 28.3 Å². The van der Waals surface area contributed by atoms with Gasteiger partial charge in [0.2, 0.25) is 0 Å². The molecule has 4 rings (SSSR count). The first-order valence-electron chi connectivity index (χ1n) is 9.89. The van der Waals surface area contributed by atoms with Crippen molar-refractivity contribution in [2.24, 2.45) is 0 Å². The van der Waals surface area contributed by atoms with Gasteiger partial charge >= 0.3 is 0 Å². The number of rotatable bonds is 7. The van der Waals surface area contributed by atoms with Crippen LogP contribution in [0.4, 0.5) is 5.82 Å². The molecule has 2 heterocycles. The predicted octanol–water partition coefficient (Wildman–Crippen LogP) is 4.10. The number of anilines is 1. The second kappa shape index (κ2) is 9.66. The van der Waals surface area contributed by atoms with Gasteiger partial charge in [-0.1, -0.05) is 41.4 Å². The van der Waals surface area contributed by atoms with Crippen LogP contribution in [0.15, 0.2) is 53.3 Å². The summed E-state index contributed by atoms with van der Waals surface area (Å²) in [6.45, 7) is 0.359. The van der Waals surface area contributed by atoms with Crippen LogP contribution in [0.25, 0.3) is 33.5 Å². The van der Waals surface area contributed by atoms with Gasteiger partial charge in [0.25, 0.3) is 5.56 Å². The Morgan fingerprint density at radius 2 is 1.73 bits per heavy atom. The molecule has 0 aliphatic rings. The fourth-order valence-corrected chi connectivity index (χ4v) is 3.94. The Morgan fingerprint density at radius 1 is 1.00 bits per heavy atom. The van der Waals surface area contributed by atoms with E-state index in [1.165, 1.54) is 7.11 Å². The van der Waals surface area contributed by atoms with Gasteiger partial charge in [0.1, 0.15) is 18.2 Å². The van der Waals surface area contributed by atoms with Crippen LogP contribution >= 0.6 is 23.2 Å². The lowest BCUT2D eigenvalue weighted by molar-refractivity contribution is 0.0584. The molecule has 33 heavy (non-hydrogen) atoms. The molecule has 10 heteroatoms. The van der Waals surface area contributed by atoms with Gasteiger partial charge in [-0.05, 0) is 30.3 Å². The van der Waals surface area contributed by atoms with E-state index in [9.17, 15) is 4.79 Å². The second-order valence-electron chi connectivity index (χ2n) is 6.98. The molecule has 8 nitrogen and oxygen atoms in total. The van der Waals surface area contributed by atoms with Crippen molar-refractivity contribution in [1.82, 2.24) is 14.7 Å². The summed E-state index contributed by atoms with van der Waals surface area (Å²) in [4.78, 5) is 28.3. The van der Waals surface area contributed by atoms with Crippen LogP contribution < -0.4 is 20.9 Å². The maximum atomic E-state index is 13.5. The molecule has 0 bridgehead atoms. The number of nitrogens with zero attached hydrogens (tertiary/aromatic N) is 3. The molecule has 0 saturated heterocycles. The standard InChI is InChI=1S/C23H20Cl2N4O4/c1-31-9-10-33-29-22-16(12-15(23(29)30)19-17(24)7-4-8-18(19)25)20(26)27-21(28-22)13-5-3-6-14(11-13)32-2/h3-8,11-12H,9-10H2,1-2H3,(H2,26,27,28). The minimum atomic E-state index is -0.497. The van der Waals surface area contributed by atoms with E-state index in [1.54, 1.807) is 43.5 Å². The highest BCUT2D eigenvalue weighted by Gasteiger charge is 2.20. The third kappa shape index (κ3) is 4.45. The fourth-order valence-electron chi connectivity index (χ4n) is 3.34. The van der Waals surface area contributed by atoms with Gasteiger partial charge in [0, 0.05) is 18.2 Å². The zero-order valence-electron chi connectivity index (χ0n) is 17.8. The van der Waals surface area contributed by atoms with Crippen molar-refractivity contribution in [3.05, 3.63) is 68.9 Å². The van der Waals surface area contributed by atoms with Gasteiger partial charge < -0.3 is 20.0 Å². The van der Waals surface area contributed by atoms with Crippen LogP contribution in [0.2, 0.25) is 10.0 Å². The van der Waals surface area contributed by atoms with Crippen molar-refractivity contribution in [1.29, 1.82) is 0 Å². The van der Waals surface area contributed by atoms with E-state index in [0.29, 0.717) is 38.1 Å². The van der Waals surface area contributed by atoms with Crippen molar-refractivity contribution < 1.29 is 14.3 Å². The fraction of sp³-hybridized carbons (Fsp3) is 0.174. The Hall–Kier alpha value is -3.33. The molecule has 0 aliphatic heterocycles. The first-order chi connectivity index (χ1) is 15.9. The predicted molar refractivity (Wildman–Crippen MR) is 129 cm³/mol. The third-order valence-corrected chi connectivity index (χ3v) is 5.55. The summed E-state index contributed by atoms with van der Waals surface area (Å²) in [7, 11) is 3.10. The number of pyridine rings is 1. The number of aromatic nitrogens is 3. The minimum absolute atomic E-state index is 0.101. The maximum absolute atomic E-state index is 13.5. The average molecular weight is 487 g/mol. The van der Waals surface area contributed by atoms with E-state index in [-0.39, 0.29) is 30.2 Å². The van der Waals surface area contributed by atoms with Crippen molar-refractivity contribution in [2.45, 2.75) is 0 Å². The van der Waals surface area contributed by atoms with Crippen LogP contribution in [0.3, 0.4) is 0 Å². The lowest BCUT2D eigenvalue weighted by Gasteiger charge is -2.16. The Kier molecular flexibility index (Phi) is 6.69. The number of nitrogens with two attached hydrogens (primary N) is 1. The quantitative estimate of drug-likeness (QED) is 0.392. The van der Waals surface area contributed by atoms with Gasteiger partial charge in [0.15, 0.2) is 11.5 Å². The molecule has 2 N–H and O–H groups in total. The second-order valence-corrected chi connectivity index (χ2v) is 7.80. The molecule has 0 aliphatic carbocycles. The van der Waals surface area contributed by atoms with E-state index in [4.69, 9.17) is 43.2 Å². The Morgan fingerprint density at radius 3 is 2.42 bits per heavy atom. The summed E-state index contributed by atoms with van der Waals surface area (Å²) in [5.41, 5.74) is 7.26. The number of benzene rings is 2. The number of methoxy groups -OCH3 is 2. The first-order valence-corrected chi connectivity index (χ1v) is 10.6. The molecule has 2 aromatic carbocycles. The number of hydrogen-bond donors (Lipinski definition) is 1. The molecule has 170 valence electrons. The Labute approximate surface area is 199 Å². The topological polar surface area (TPSA) is 101 Å². The number of halogens is 2. The molecule has 0 saturated carbocycles. The summed E-state index contributed by atoms with van der Waals surface area (Å²) in [5, 5.41) is 1.04. The number of fused-ring (bicyclic) bond motifs is 1. The van der Waals surface area contributed by atoms with Crippen LogP contribution in [0.1, 0.15) is 0 Å². The lowest BCUT2D eigenvalue weighted by atomic mass is 10.1. The smallest absolute Gasteiger partial charge is 0.293 e. The highest BCUT2D eigenvalue weighted by atomic mass is 35.5. The molecular formula is C23H20Cl2N4O4. The molecule has 0 unspecified atom stereocenters. The highest BCUT2D eigenvalue weighted by molar-refractivity contribution is 6.39. The van der Waals surface area contributed by atoms with Crippen molar-refractivity contribution >= 4 is 40.1 Å². The molecule has 0 spiro atoms. The van der Waals surface area contributed by atoms with E-state index in [0.717, 1.165) is 4.73 Å². The van der Waals surface area contributed by atoms with Crippen molar-refractivity contribution in [2.75, 3.05) is 33.2 Å². The summed E-state index contributed by atoms with van der Waals surface area (Å²) in [6.07, 6.45) is 0. The molecule has 2 aromatic heterocycles. The maximum Gasteiger partial charge on any atom is 0.293 e. The van der Waals surface area contributed by atoms with E-state index in [1.807, 2.05) is 12.1 Å². The summed E-state index contributed by atoms with van der Waals surface area (Å²) in [6, 6.07) is 13.8. The monoisotopic (exact) mass is 486 g/mol. The van der Waals surface area contributed by atoms with Crippen LogP contribution in [-0.2, 0) is 4.74 Å². The van der Waals surface area contributed by atoms with E-state index in [2.05, 4.69) is 9.97 Å². The molecule has 0 fully saturated rings.